The predicted octanol–water partition coefficient (Wildman–Crippen LogP) is 1.74. The van der Waals surface area contributed by atoms with Crippen LogP contribution in [0.1, 0.15) is 46.2 Å². The molecule has 1 aliphatic rings. The molecule has 1 fully saturated rings. The second-order valence-corrected chi connectivity index (χ2v) is 5.56. The highest BCUT2D eigenvalue weighted by molar-refractivity contribution is 5.88. The van der Waals surface area contributed by atoms with Gasteiger partial charge in [0.2, 0.25) is 0 Å². The van der Waals surface area contributed by atoms with Crippen LogP contribution < -0.4 is 5.56 Å². The van der Waals surface area contributed by atoms with Crippen molar-refractivity contribution >= 4 is 5.97 Å². The van der Waals surface area contributed by atoms with E-state index in [1.54, 1.807) is 25.5 Å². The van der Waals surface area contributed by atoms with Crippen molar-refractivity contribution in [2.75, 3.05) is 0 Å². The van der Waals surface area contributed by atoms with Gasteiger partial charge < -0.3 is 14.2 Å². The van der Waals surface area contributed by atoms with Crippen LogP contribution in [0.5, 0.6) is 0 Å². The Morgan fingerprint density at radius 1 is 1.43 bits per heavy atom. The molecule has 1 aliphatic carbocycles. The van der Waals surface area contributed by atoms with Crippen molar-refractivity contribution in [3.8, 4) is 0 Å². The number of aryl methyl sites for hydroxylation is 2. The summed E-state index contributed by atoms with van der Waals surface area (Å²) >= 11 is 0. The van der Waals surface area contributed by atoms with E-state index in [4.69, 9.17) is 0 Å². The SMILES string of the molecule is Cc1cc(C)n(Cc2cncn2C2CC2)c(=O)c1C(=O)O. The molecule has 110 valence electrons. The lowest BCUT2D eigenvalue weighted by Crippen LogP contribution is -2.30. The highest BCUT2D eigenvalue weighted by atomic mass is 16.4. The number of carboxylic acid groups (broad SMARTS) is 1. The number of pyridine rings is 1. The Balaban J connectivity index is 2.06. The summed E-state index contributed by atoms with van der Waals surface area (Å²) in [5.41, 5.74) is 1.58. The third-order valence-corrected chi connectivity index (χ3v) is 3.93. The van der Waals surface area contributed by atoms with Gasteiger partial charge in [-0.3, -0.25) is 4.79 Å². The minimum absolute atomic E-state index is 0.155. The topological polar surface area (TPSA) is 77.1 Å². The van der Waals surface area contributed by atoms with Gasteiger partial charge in [-0.15, -0.1) is 0 Å². The summed E-state index contributed by atoms with van der Waals surface area (Å²) in [5.74, 6) is -1.18. The third-order valence-electron chi connectivity index (χ3n) is 3.93. The largest absolute Gasteiger partial charge is 0.477 e. The van der Waals surface area contributed by atoms with Gasteiger partial charge in [0.25, 0.3) is 5.56 Å². The van der Waals surface area contributed by atoms with Gasteiger partial charge in [0, 0.05) is 17.9 Å². The molecule has 2 aromatic heterocycles. The summed E-state index contributed by atoms with van der Waals surface area (Å²) in [4.78, 5) is 27.8. The molecule has 0 unspecified atom stereocenters. The molecule has 0 aromatic carbocycles. The molecule has 1 saturated carbocycles. The van der Waals surface area contributed by atoms with Gasteiger partial charge in [0.1, 0.15) is 5.56 Å². The van der Waals surface area contributed by atoms with Crippen LogP contribution in [0.25, 0.3) is 0 Å². The van der Waals surface area contributed by atoms with Crippen molar-refractivity contribution < 1.29 is 9.90 Å². The van der Waals surface area contributed by atoms with Crippen LogP contribution in [0, 0.1) is 13.8 Å². The quantitative estimate of drug-likeness (QED) is 0.929. The number of carboxylic acids is 1. The molecule has 0 atom stereocenters. The highest BCUT2D eigenvalue weighted by Gasteiger charge is 2.26. The number of hydrogen-bond donors (Lipinski definition) is 1. The Bertz CT molecular complexity index is 769. The van der Waals surface area contributed by atoms with Crippen LogP contribution in [-0.4, -0.2) is 25.2 Å². The zero-order chi connectivity index (χ0) is 15.1. The lowest BCUT2D eigenvalue weighted by Gasteiger charge is -2.14. The number of carbonyl (C=O) groups is 1. The molecule has 0 saturated heterocycles. The van der Waals surface area contributed by atoms with Crippen molar-refractivity contribution in [2.24, 2.45) is 0 Å². The summed E-state index contributed by atoms with van der Waals surface area (Å²) in [6.07, 6.45) is 5.78. The molecule has 0 aliphatic heterocycles. The number of nitrogens with zero attached hydrogens (tertiary/aromatic N) is 3. The van der Waals surface area contributed by atoms with Crippen LogP contribution in [0.4, 0.5) is 0 Å². The van der Waals surface area contributed by atoms with E-state index in [-0.39, 0.29) is 5.56 Å². The molecule has 0 radical (unpaired) electrons. The van der Waals surface area contributed by atoms with Gasteiger partial charge >= 0.3 is 5.97 Å². The fraction of sp³-hybridized carbons (Fsp3) is 0.400. The first-order valence-electron chi connectivity index (χ1n) is 6.94. The van der Waals surface area contributed by atoms with Crippen molar-refractivity contribution in [1.29, 1.82) is 0 Å². The molecule has 0 spiro atoms. The van der Waals surface area contributed by atoms with Gasteiger partial charge in [-0.2, -0.15) is 0 Å². The average molecular weight is 287 g/mol. The smallest absolute Gasteiger partial charge is 0.341 e. The second kappa shape index (κ2) is 4.87. The molecule has 2 heterocycles. The standard InChI is InChI=1S/C15H17N3O3/c1-9-5-10(2)17(14(19)13(9)15(20)21)7-12-6-16-8-18(12)11-3-4-11/h5-6,8,11H,3-4,7H2,1-2H3,(H,20,21). The van der Waals surface area contributed by atoms with Crippen LogP contribution in [0.3, 0.4) is 0 Å². The van der Waals surface area contributed by atoms with Crippen molar-refractivity contribution in [3.05, 3.63) is 51.5 Å². The van der Waals surface area contributed by atoms with E-state index in [2.05, 4.69) is 9.55 Å². The zero-order valence-electron chi connectivity index (χ0n) is 12.0. The molecule has 3 rings (SSSR count). The van der Waals surface area contributed by atoms with Crippen LogP contribution in [-0.2, 0) is 6.54 Å². The lowest BCUT2D eigenvalue weighted by molar-refractivity contribution is 0.0693. The first-order chi connectivity index (χ1) is 9.99. The van der Waals surface area contributed by atoms with Gasteiger partial charge in [0.15, 0.2) is 0 Å². The Morgan fingerprint density at radius 2 is 2.14 bits per heavy atom. The van der Waals surface area contributed by atoms with E-state index in [1.165, 1.54) is 4.57 Å². The van der Waals surface area contributed by atoms with E-state index in [0.29, 0.717) is 18.2 Å². The van der Waals surface area contributed by atoms with Gasteiger partial charge in [-0.05, 0) is 38.3 Å². The van der Waals surface area contributed by atoms with Gasteiger partial charge in [-0.1, -0.05) is 0 Å². The molecular weight excluding hydrogens is 270 g/mol. The van der Waals surface area contributed by atoms with E-state index in [9.17, 15) is 14.7 Å². The average Bonchev–Trinajstić information content (AvgIpc) is 3.13. The summed E-state index contributed by atoms with van der Waals surface area (Å²) < 4.78 is 3.58. The third kappa shape index (κ3) is 2.37. The van der Waals surface area contributed by atoms with Crippen molar-refractivity contribution in [1.82, 2.24) is 14.1 Å². The normalized spacial score (nSPS) is 14.4. The Hall–Kier alpha value is -2.37. The van der Waals surface area contributed by atoms with E-state index in [1.807, 2.05) is 6.92 Å². The number of rotatable bonds is 4. The molecule has 2 aromatic rings. The zero-order valence-corrected chi connectivity index (χ0v) is 12.0. The number of aromatic carboxylic acids is 1. The maximum atomic E-state index is 12.4. The van der Waals surface area contributed by atoms with Crippen molar-refractivity contribution in [3.63, 3.8) is 0 Å². The lowest BCUT2D eigenvalue weighted by atomic mass is 10.1. The van der Waals surface area contributed by atoms with Gasteiger partial charge in [-0.25, -0.2) is 9.78 Å². The van der Waals surface area contributed by atoms with Crippen LogP contribution >= 0.6 is 0 Å². The van der Waals surface area contributed by atoms with Crippen molar-refractivity contribution in [2.45, 2.75) is 39.3 Å². The summed E-state index contributed by atoms with van der Waals surface area (Å²) in [6.45, 7) is 3.82. The minimum atomic E-state index is -1.18. The monoisotopic (exact) mass is 287 g/mol. The Labute approximate surface area is 121 Å². The summed E-state index contributed by atoms with van der Waals surface area (Å²) in [6, 6.07) is 2.21. The Morgan fingerprint density at radius 3 is 2.76 bits per heavy atom. The molecule has 21 heavy (non-hydrogen) atoms. The molecule has 0 amide bonds. The van der Waals surface area contributed by atoms with E-state index in [0.717, 1.165) is 24.2 Å². The fourth-order valence-electron chi connectivity index (χ4n) is 2.68. The summed E-state index contributed by atoms with van der Waals surface area (Å²) in [5, 5.41) is 9.21. The van der Waals surface area contributed by atoms with Gasteiger partial charge in [0.05, 0.1) is 18.6 Å². The predicted molar refractivity (Wildman–Crippen MR) is 76.7 cm³/mol. The maximum absolute atomic E-state index is 12.4. The second-order valence-electron chi connectivity index (χ2n) is 5.56. The highest BCUT2D eigenvalue weighted by Crippen LogP contribution is 2.35. The first-order valence-corrected chi connectivity index (χ1v) is 6.94. The Kier molecular flexibility index (Phi) is 3.16. The fourth-order valence-corrected chi connectivity index (χ4v) is 2.68. The number of imidazole rings is 1. The molecule has 0 bridgehead atoms. The maximum Gasteiger partial charge on any atom is 0.341 e. The van der Waals surface area contributed by atoms with E-state index >= 15 is 0 Å². The number of hydrogen-bond acceptors (Lipinski definition) is 3. The van der Waals surface area contributed by atoms with Crippen LogP contribution in [0.2, 0.25) is 0 Å². The molecule has 6 nitrogen and oxygen atoms in total. The number of aromatic nitrogens is 3. The minimum Gasteiger partial charge on any atom is -0.477 e. The molecular formula is C15H17N3O3. The molecule has 6 heteroatoms. The van der Waals surface area contributed by atoms with Crippen LogP contribution in [0.15, 0.2) is 23.4 Å². The van der Waals surface area contributed by atoms with E-state index < -0.39 is 11.5 Å². The molecule has 1 N–H and O–H groups in total. The summed E-state index contributed by atoms with van der Waals surface area (Å²) in [7, 11) is 0. The first kappa shape index (κ1) is 13.6.